The third-order valence-corrected chi connectivity index (χ3v) is 5.91. The highest BCUT2D eigenvalue weighted by Crippen LogP contribution is 2.38. The average Bonchev–Trinajstić information content (AvgIpc) is 2.84. The minimum Gasteiger partial charge on any atom is -0.726 e. The van der Waals surface area contributed by atoms with Crippen LogP contribution in [0.4, 0.5) is 5.69 Å². The smallest absolute Gasteiger partial charge is 0.259 e. The van der Waals surface area contributed by atoms with Gasteiger partial charge in [-0.05, 0) is 25.7 Å². The molecule has 144 valence electrons. The lowest BCUT2D eigenvalue weighted by molar-refractivity contribution is -0.597. The maximum atomic E-state index is 11.6. The molecule has 0 atom stereocenters. The standard InChI is InChI=1S/C14H16N2OS2.C2H6O4S/c1-4-18-14-12(11(15)13(19-14)10(3)17)16-7-5-6-9(2)8-16;1-2-6-7(3,4)5/h5-8H,4H2,1-3H3,(H-,15,17);2H2,1H3,(H,3,4,5). The Morgan fingerprint density at radius 2 is 2.08 bits per heavy atom. The van der Waals surface area contributed by atoms with Gasteiger partial charge in [0.1, 0.15) is 14.8 Å². The number of pyridine rings is 1. The summed E-state index contributed by atoms with van der Waals surface area (Å²) in [7, 11) is -4.42. The van der Waals surface area contributed by atoms with Crippen LogP contribution < -0.4 is 10.3 Å². The summed E-state index contributed by atoms with van der Waals surface area (Å²) in [5, 5.41) is 0. The number of anilines is 1. The molecule has 0 aromatic carbocycles. The molecule has 2 aromatic rings. The van der Waals surface area contributed by atoms with Crippen molar-refractivity contribution < 1.29 is 26.5 Å². The highest BCUT2D eigenvalue weighted by molar-refractivity contribution is 8.01. The van der Waals surface area contributed by atoms with Gasteiger partial charge in [-0.25, -0.2) is 8.42 Å². The second-order valence-electron chi connectivity index (χ2n) is 5.07. The maximum Gasteiger partial charge on any atom is 0.259 e. The lowest BCUT2D eigenvalue weighted by atomic mass is 10.2. The third kappa shape index (κ3) is 6.69. The molecule has 2 aromatic heterocycles. The quantitative estimate of drug-likeness (QED) is 0.252. The van der Waals surface area contributed by atoms with Gasteiger partial charge < -0.3 is 10.3 Å². The lowest BCUT2D eigenvalue weighted by Crippen LogP contribution is -2.31. The Bertz CT molecular complexity index is 863. The van der Waals surface area contributed by atoms with Crippen LogP contribution in [0.5, 0.6) is 0 Å². The molecule has 0 spiro atoms. The van der Waals surface area contributed by atoms with Gasteiger partial charge >= 0.3 is 0 Å². The predicted octanol–water partition coefficient (Wildman–Crippen LogP) is 2.71. The summed E-state index contributed by atoms with van der Waals surface area (Å²) in [6.45, 7) is 7.03. The first-order valence-electron chi connectivity index (χ1n) is 7.75. The number of aromatic nitrogens is 1. The van der Waals surface area contributed by atoms with Crippen LogP contribution in [0.15, 0.2) is 28.7 Å². The molecule has 0 bridgehead atoms. The molecule has 0 aliphatic heterocycles. The van der Waals surface area contributed by atoms with E-state index in [-0.39, 0.29) is 12.4 Å². The number of aryl methyl sites for hydroxylation is 1. The molecule has 0 saturated carbocycles. The van der Waals surface area contributed by atoms with Gasteiger partial charge in [-0.2, -0.15) is 4.57 Å². The van der Waals surface area contributed by atoms with Crippen LogP contribution in [0, 0.1) is 6.92 Å². The van der Waals surface area contributed by atoms with Gasteiger partial charge in [0, 0.05) is 18.6 Å². The van der Waals surface area contributed by atoms with Gasteiger partial charge in [-0.15, -0.1) is 23.1 Å². The Morgan fingerprint density at radius 3 is 2.50 bits per heavy atom. The van der Waals surface area contributed by atoms with Crippen molar-refractivity contribution in [3.63, 3.8) is 0 Å². The topological polar surface area (TPSA) is 113 Å². The number of nitrogens with two attached hydrogens (primary N) is 1. The van der Waals surface area contributed by atoms with Gasteiger partial charge in [0.05, 0.1) is 6.61 Å². The van der Waals surface area contributed by atoms with Crippen molar-refractivity contribution in [3.05, 3.63) is 35.0 Å². The van der Waals surface area contributed by atoms with Crippen LogP contribution in [-0.4, -0.2) is 31.1 Å². The third-order valence-electron chi connectivity index (χ3n) is 2.95. The van der Waals surface area contributed by atoms with Crippen molar-refractivity contribution in [1.82, 2.24) is 0 Å². The fourth-order valence-electron chi connectivity index (χ4n) is 2.02. The number of ketones is 1. The summed E-state index contributed by atoms with van der Waals surface area (Å²) in [5.74, 6) is 0.983. The zero-order chi connectivity index (χ0) is 19.9. The van der Waals surface area contributed by atoms with E-state index in [1.807, 2.05) is 36.0 Å². The molecule has 0 aliphatic rings. The highest BCUT2D eigenvalue weighted by Gasteiger charge is 2.26. The average molecular weight is 419 g/mol. The Kier molecular flexibility index (Phi) is 8.71. The molecule has 0 unspecified atom stereocenters. The number of hydrogen-bond acceptors (Lipinski definition) is 8. The van der Waals surface area contributed by atoms with Crippen molar-refractivity contribution in [3.8, 4) is 5.69 Å². The monoisotopic (exact) mass is 418 g/mol. The lowest BCUT2D eigenvalue weighted by Gasteiger charge is -2.02. The number of thiophene rings is 1. The molecule has 0 aliphatic carbocycles. The summed E-state index contributed by atoms with van der Waals surface area (Å²) in [4.78, 5) is 12.3. The zero-order valence-corrected chi connectivity index (χ0v) is 17.5. The maximum absolute atomic E-state index is 11.6. The normalized spacial score (nSPS) is 11.0. The first-order valence-corrected chi connectivity index (χ1v) is 10.9. The molecular weight excluding hydrogens is 396 g/mol. The van der Waals surface area contributed by atoms with Crippen LogP contribution in [-0.2, 0) is 14.6 Å². The van der Waals surface area contributed by atoms with Gasteiger partial charge in [-0.3, -0.25) is 8.98 Å². The number of carbonyl (C=O) groups excluding carboxylic acids is 1. The van der Waals surface area contributed by atoms with Crippen LogP contribution in [0.2, 0.25) is 0 Å². The Balaban J connectivity index is 0.000000412. The van der Waals surface area contributed by atoms with E-state index in [4.69, 9.17) is 5.73 Å². The van der Waals surface area contributed by atoms with E-state index < -0.39 is 10.4 Å². The molecule has 26 heavy (non-hydrogen) atoms. The van der Waals surface area contributed by atoms with E-state index in [0.29, 0.717) is 10.6 Å². The summed E-state index contributed by atoms with van der Waals surface area (Å²) in [5.41, 5.74) is 8.85. The van der Waals surface area contributed by atoms with E-state index in [1.165, 1.54) is 18.3 Å². The van der Waals surface area contributed by atoms with Crippen molar-refractivity contribution >= 4 is 45.0 Å². The molecule has 0 amide bonds. The first kappa shape index (κ1) is 22.6. The molecule has 0 fully saturated rings. The van der Waals surface area contributed by atoms with Crippen LogP contribution >= 0.6 is 23.1 Å². The number of carbonyl (C=O) groups is 1. The van der Waals surface area contributed by atoms with Crippen LogP contribution in [0.25, 0.3) is 5.69 Å². The van der Waals surface area contributed by atoms with E-state index in [2.05, 4.69) is 11.1 Å². The number of nitrogens with zero attached hydrogens (tertiary/aromatic N) is 1. The van der Waals surface area contributed by atoms with Crippen molar-refractivity contribution in [2.24, 2.45) is 0 Å². The van der Waals surface area contributed by atoms with Crippen molar-refractivity contribution in [1.29, 1.82) is 0 Å². The van der Waals surface area contributed by atoms with E-state index in [0.717, 1.165) is 21.2 Å². The Labute approximate surface area is 162 Å². The number of rotatable bonds is 6. The molecule has 10 heteroatoms. The molecule has 2 heterocycles. The minimum absolute atomic E-state index is 0.0277. The number of Topliss-reactive ketones (excluding diaryl/α,β-unsaturated/α-hetero) is 1. The van der Waals surface area contributed by atoms with E-state index in [9.17, 15) is 17.8 Å². The molecule has 7 nitrogen and oxygen atoms in total. The summed E-state index contributed by atoms with van der Waals surface area (Å²) < 4.78 is 35.1. The van der Waals surface area contributed by atoms with Crippen molar-refractivity contribution in [2.75, 3.05) is 18.1 Å². The molecule has 0 radical (unpaired) electrons. The summed E-state index contributed by atoms with van der Waals surface area (Å²) in [6, 6.07) is 4.03. The largest absolute Gasteiger partial charge is 0.726 e. The summed E-state index contributed by atoms with van der Waals surface area (Å²) >= 11 is 3.21. The summed E-state index contributed by atoms with van der Waals surface area (Å²) in [6.07, 6.45) is 4.00. The number of nitrogen functional groups attached to an aromatic ring is 1. The van der Waals surface area contributed by atoms with Crippen molar-refractivity contribution in [2.45, 2.75) is 31.9 Å². The van der Waals surface area contributed by atoms with Crippen LogP contribution in [0.3, 0.4) is 0 Å². The molecule has 2 rings (SSSR count). The van der Waals surface area contributed by atoms with E-state index >= 15 is 0 Å². The van der Waals surface area contributed by atoms with E-state index in [1.54, 1.807) is 18.7 Å². The SMILES string of the molecule is CCOS(=O)(=O)[O-].CCSc1sc(C(C)=O)c(N)c1-[n+]1cccc(C)c1. The van der Waals surface area contributed by atoms with Gasteiger partial charge in [-0.1, -0.05) is 6.92 Å². The second-order valence-corrected chi connectivity index (χ2v) is 8.68. The highest BCUT2D eigenvalue weighted by atomic mass is 32.3. The molecular formula is C16H22N2O5S3. The van der Waals surface area contributed by atoms with Gasteiger partial charge in [0.25, 0.3) is 5.69 Å². The van der Waals surface area contributed by atoms with Gasteiger partial charge in [0.2, 0.25) is 10.4 Å². The molecule has 0 saturated heterocycles. The fraction of sp³-hybridized carbons (Fsp3) is 0.375. The Morgan fingerprint density at radius 1 is 1.42 bits per heavy atom. The van der Waals surface area contributed by atoms with Gasteiger partial charge in [0.15, 0.2) is 18.2 Å². The fourth-order valence-corrected chi connectivity index (χ4v) is 4.61. The number of thioether (sulfide) groups is 1. The zero-order valence-electron chi connectivity index (χ0n) is 15.0. The first-order chi connectivity index (χ1) is 12.1. The number of hydrogen-bond donors (Lipinski definition) is 1. The molecule has 2 N–H and O–H groups in total. The predicted molar refractivity (Wildman–Crippen MR) is 103 cm³/mol. The minimum atomic E-state index is -4.42. The Hall–Kier alpha value is -1.46. The van der Waals surface area contributed by atoms with Crippen LogP contribution in [0.1, 0.15) is 36.0 Å². The second kappa shape index (κ2) is 10.0.